The fraction of sp³-hybridized carbons (Fsp3) is 0.263. The Labute approximate surface area is 145 Å². The first-order valence-corrected chi connectivity index (χ1v) is 7.99. The Kier molecular flexibility index (Phi) is 5.00. The molecule has 2 aromatic carbocycles. The van der Waals surface area contributed by atoms with Crippen LogP contribution in [-0.2, 0) is 20.7 Å². The Bertz CT molecular complexity index is 802. The molecule has 0 aliphatic carbocycles. The number of benzene rings is 2. The van der Waals surface area contributed by atoms with Gasteiger partial charge in [0.05, 0.1) is 37.5 Å². The zero-order valence-corrected chi connectivity index (χ0v) is 13.8. The third kappa shape index (κ3) is 3.80. The topological polar surface area (TPSA) is 84.9 Å². The first-order chi connectivity index (χ1) is 12.1. The smallest absolute Gasteiger partial charge is 0.337 e. The SMILES string of the molecule is COC(=O)c1ccc(NC(=O)CC2OCCc3ccccc32)c(O)c1. The average Bonchev–Trinajstić information content (AvgIpc) is 2.63. The van der Waals surface area contributed by atoms with Gasteiger partial charge in [0.25, 0.3) is 0 Å². The zero-order valence-electron chi connectivity index (χ0n) is 13.8. The molecule has 0 aromatic heterocycles. The number of esters is 1. The summed E-state index contributed by atoms with van der Waals surface area (Å²) >= 11 is 0. The highest BCUT2D eigenvalue weighted by Gasteiger charge is 2.23. The lowest BCUT2D eigenvalue weighted by Crippen LogP contribution is -2.22. The molecule has 6 nitrogen and oxygen atoms in total. The van der Waals surface area contributed by atoms with Crippen LogP contribution in [0.15, 0.2) is 42.5 Å². The van der Waals surface area contributed by atoms with Gasteiger partial charge in [0.1, 0.15) is 5.75 Å². The first kappa shape index (κ1) is 17.0. The predicted octanol–water partition coefficient (Wildman–Crippen LogP) is 2.82. The van der Waals surface area contributed by atoms with Crippen molar-refractivity contribution < 1.29 is 24.2 Å². The predicted molar refractivity (Wildman–Crippen MR) is 91.5 cm³/mol. The summed E-state index contributed by atoms with van der Waals surface area (Å²) in [5, 5.41) is 12.6. The second-order valence-electron chi connectivity index (χ2n) is 5.78. The summed E-state index contributed by atoms with van der Waals surface area (Å²) in [6.07, 6.45) is 0.681. The van der Waals surface area contributed by atoms with Crippen LogP contribution in [0.25, 0.3) is 0 Å². The number of rotatable bonds is 4. The van der Waals surface area contributed by atoms with Crippen LogP contribution in [0.3, 0.4) is 0 Å². The lowest BCUT2D eigenvalue weighted by Gasteiger charge is -2.25. The van der Waals surface area contributed by atoms with Gasteiger partial charge < -0.3 is 19.9 Å². The van der Waals surface area contributed by atoms with Gasteiger partial charge in [-0.15, -0.1) is 0 Å². The third-order valence-electron chi connectivity index (χ3n) is 4.16. The number of nitrogens with one attached hydrogen (secondary N) is 1. The number of amides is 1. The fourth-order valence-electron chi connectivity index (χ4n) is 2.90. The van der Waals surface area contributed by atoms with Gasteiger partial charge in [0.15, 0.2) is 0 Å². The fourth-order valence-corrected chi connectivity index (χ4v) is 2.90. The molecule has 1 amide bonds. The third-order valence-corrected chi connectivity index (χ3v) is 4.16. The second kappa shape index (κ2) is 7.36. The number of phenols is 1. The Morgan fingerprint density at radius 1 is 1.28 bits per heavy atom. The molecule has 1 aliphatic rings. The van der Waals surface area contributed by atoms with Gasteiger partial charge in [-0.05, 0) is 35.7 Å². The van der Waals surface area contributed by atoms with E-state index in [1.165, 1.54) is 30.9 Å². The van der Waals surface area contributed by atoms with Gasteiger partial charge in [0.2, 0.25) is 5.91 Å². The highest BCUT2D eigenvalue weighted by molar-refractivity contribution is 5.95. The van der Waals surface area contributed by atoms with Crippen molar-refractivity contribution in [3.05, 3.63) is 59.2 Å². The van der Waals surface area contributed by atoms with Gasteiger partial charge in [-0.2, -0.15) is 0 Å². The zero-order chi connectivity index (χ0) is 17.8. The summed E-state index contributed by atoms with van der Waals surface area (Å²) < 4.78 is 10.3. The van der Waals surface area contributed by atoms with Crippen molar-refractivity contribution in [1.82, 2.24) is 0 Å². The minimum Gasteiger partial charge on any atom is -0.506 e. The number of hydrogen-bond donors (Lipinski definition) is 2. The molecule has 0 bridgehead atoms. The Morgan fingerprint density at radius 3 is 2.84 bits per heavy atom. The van der Waals surface area contributed by atoms with E-state index in [4.69, 9.17) is 4.74 Å². The van der Waals surface area contributed by atoms with Crippen LogP contribution in [0.1, 0.15) is 34.0 Å². The molecule has 1 atom stereocenters. The van der Waals surface area contributed by atoms with E-state index in [0.717, 1.165) is 12.0 Å². The lowest BCUT2D eigenvalue weighted by atomic mass is 9.95. The number of hydrogen-bond acceptors (Lipinski definition) is 5. The largest absolute Gasteiger partial charge is 0.506 e. The summed E-state index contributed by atoms with van der Waals surface area (Å²) in [5.74, 6) is -1.02. The maximum Gasteiger partial charge on any atom is 0.337 e. The highest BCUT2D eigenvalue weighted by atomic mass is 16.5. The van der Waals surface area contributed by atoms with Crippen LogP contribution in [0, 0.1) is 0 Å². The Balaban J connectivity index is 1.69. The van der Waals surface area contributed by atoms with Crippen LogP contribution >= 0.6 is 0 Å². The second-order valence-corrected chi connectivity index (χ2v) is 5.78. The molecule has 0 fully saturated rings. The number of aromatic hydroxyl groups is 1. The van der Waals surface area contributed by atoms with Crippen LogP contribution in [0.4, 0.5) is 5.69 Å². The molecular weight excluding hydrogens is 322 g/mol. The lowest BCUT2D eigenvalue weighted by molar-refractivity contribution is -0.119. The van der Waals surface area contributed by atoms with Gasteiger partial charge in [-0.25, -0.2) is 4.79 Å². The molecule has 6 heteroatoms. The van der Waals surface area contributed by atoms with E-state index in [1.807, 2.05) is 24.3 Å². The van der Waals surface area contributed by atoms with Crippen molar-refractivity contribution in [2.45, 2.75) is 18.9 Å². The number of fused-ring (bicyclic) bond motifs is 1. The number of phenolic OH excluding ortho intramolecular Hbond substituents is 1. The molecule has 25 heavy (non-hydrogen) atoms. The van der Waals surface area contributed by atoms with E-state index in [-0.39, 0.29) is 35.4 Å². The van der Waals surface area contributed by atoms with Crippen LogP contribution < -0.4 is 5.32 Å². The summed E-state index contributed by atoms with van der Waals surface area (Å²) in [4.78, 5) is 23.8. The van der Waals surface area contributed by atoms with Crippen LogP contribution in [-0.4, -0.2) is 30.7 Å². The van der Waals surface area contributed by atoms with E-state index in [2.05, 4.69) is 10.1 Å². The van der Waals surface area contributed by atoms with Crippen molar-refractivity contribution in [3.8, 4) is 5.75 Å². The van der Waals surface area contributed by atoms with Gasteiger partial charge >= 0.3 is 5.97 Å². The molecule has 130 valence electrons. The summed E-state index contributed by atoms with van der Waals surface area (Å²) in [7, 11) is 1.26. The Morgan fingerprint density at radius 2 is 2.08 bits per heavy atom. The van der Waals surface area contributed by atoms with E-state index in [9.17, 15) is 14.7 Å². The first-order valence-electron chi connectivity index (χ1n) is 7.99. The standard InChI is InChI=1S/C19H19NO5/c1-24-19(23)13-6-7-15(16(21)10-13)20-18(22)11-17-14-5-3-2-4-12(14)8-9-25-17/h2-7,10,17,21H,8-9,11H2,1H3,(H,20,22). The molecule has 1 heterocycles. The van der Waals surface area contributed by atoms with Gasteiger partial charge in [-0.1, -0.05) is 24.3 Å². The van der Waals surface area contributed by atoms with Crippen LogP contribution in [0.2, 0.25) is 0 Å². The molecule has 3 rings (SSSR count). The van der Waals surface area contributed by atoms with E-state index in [0.29, 0.717) is 6.61 Å². The molecule has 1 aliphatic heterocycles. The van der Waals surface area contributed by atoms with Crippen molar-refractivity contribution in [2.75, 3.05) is 19.0 Å². The average molecular weight is 341 g/mol. The molecule has 0 saturated carbocycles. The number of carbonyl (C=O) groups is 2. The van der Waals surface area contributed by atoms with E-state index < -0.39 is 5.97 Å². The van der Waals surface area contributed by atoms with E-state index in [1.54, 1.807) is 0 Å². The minimum atomic E-state index is -0.555. The highest BCUT2D eigenvalue weighted by Crippen LogP contribution is 2.31. The minimum absolute atomic E-state index is 0.148. The molecule has 1 unspecified atom stereocenters. The quantitative estimate of drug-likeness (QED) is 0.660. The van der Waals surface area contributed by atoms with Crippen molar-refractivity contribution >= 4 is 17.6 Å². The molecule has 0 saturated heterocycles. The van der Waals surface area contributed by atoms with Crippen molar-refractivity contribution in [1.29, 1.82) is 0 Å². The molecule has 0 spiro atoms. The molecule has 2 aromatic rings. The maximum absolute atomic E-state index is 12.3. The summed E-state index contributed by atoms with van der Waals surface area (Å²) in [6.45, 7) is 0.577. The normalized spacial score (nSPS) is 16.0. The van der Waals surface area contributed by atoms with Crippen LogP contribution in [0.5, 0.6) is 5.75 Å². The van der Waals surface area contributed by atoms with Gasteiger partial charge in [0, 0.05) is 0 Å². The molecular formula is C19H19NO5. The van der Waals surface area contributed by atoms with Gasteiger partial charge in [-0.3, -0.25) is 4.79 Å². The number of methoxy groups -OCH3 is 1. The number of anilines is 1. The number of carbonyl (C=O) groups excluding carboxylic acids is 2. The Hall–Kier alpha value is -2.86. The number of ether oxygens (including phenoxy) is 2. The summed E-state index contributed by atoms with van der Waals surface area (Å²) in [6, 6.07) is 12.1. The monoisotopic (exact) mass is 341 g/mol. The van der Waals surface area contributed by atoms with Crippen molar-refractivity contribution in [2.24, 2.45) is 0 Å². The summed E-state index contributed by atoms with van der Waals surface area (Å²) in [5.41, 5.74) is 2.66. The molecule has 0 radical (unpaired) electrons. The van der Waals surface area contributed by atoms with Crippen molar-refractivity contribution in [3.63, 3.8) is 0 Å². The maximum atomic E-state index is 12.3. The molecule has 2 N–H and O–H groups in total. The van der Waals surface area contributed by atoms with E-state index >= 15 is 0 Å².